The third-order valence-corrected chi connectivity index (χ3v) is 3.87. The maximum Gasteiger partial charge on any atom is 0.108 e. The predicted octanol–water partition coefficient (Wildman–Crippen LogP) is 3.80. The first kappa shape index (κ1) is 12.1. The number of hydrogen-bond donors (Lipinski definition) is 2. The van der Waals surface area contributed by atoms with Gasteiger partial charge in [-0.3, -0.25) is 4.98 Å². The largest absolute Gasteiger partial charge is 0.384 e. The number of pyridine rings is 1. The van der Waals surface area contributed by atoms with Crippen molar-refractivity contribution in [3.05, 3.63) is 78.1 Å². The van der Waals surface area contributed by atoms with Gasteiger partial charge in [-0.15, -0.1) is 0 Å². The van der Waals surface area contributed by atoms with E-state index in [1.807, 2.05) is 36.4 Å². The van der Waals surface area contributed by atoms with Crippen molar-refractivity contribution in [2.24, 2.45) is 0 Å². The van der Waals surface area contributed by atoms with Crippen molar-refractivity contribution >= 4 is 21.8 Å². The first-order valence-corrected chi connectivity index (χ1v) is 6.92. The number of aliphatic hydroxyl groups excluding tert-OH is 1. The number of rotatable bonds is 2. The number of nitrogens with zero attached hydrogens (tertiary/aromatic N) is 1. The highest BCUT2D eigenvalue weighted by molar-refractivity contribution is 6.08. The van der Waals surface area contributed by atoms with E-state index in [4.69, 9.17) is 0 Å². The fourth-order valence-corrected chi connectivity index (χ4v) is 2.84. The Morgan fingerprint density at radius 3 is 2.62 bits per heavy atom. The Hall–Kier alpha value is -2.65. The smallest absolute Gasteiger partial charge is 0.108 e. The Bertz CT molecular complexity index is 912. The Morgan fingerprint density at radius 1 is 0.905 bits per heavy atom. The third-order valence-electron chi connectivity index (χ3n) is 3.87. The molecule has 3 heteroatoms. The Labute approximate surface area is 121 Å². The van der Waals surface area contributed by atoms with Crippen LogP contribution in [-0.2, 0) is 0 Å². The van der Waals surface area contributed by atoms with Crippen LogP contribution >= 0.6 is 0 Å². The number of para-hydroxylation sites is 2. The molecule has 2 aromatic heterocycles. The molecule has 0 amide bonds. The summed E-state index contributed by atoms with van der Waals surface area (Å²) in [6.07, 6.45) is 2.72. The summed E-state index contributed by atoms with van der Waals surface area (Å²) in [4.78, 5) is 7.50. The van der Waals surface area contributed by atoms with Crippen LogP contribution in [-0.4, -0.2) is 15.1 Å². The highest BCUT2D eigenvalue weighted by atomic mass is 16.3. The zero-order valence-corrected chi connectivity index (χ0v) is 11.3. The standard InChI is InChI=1S/C18H14N2O/c21-18(12-5-4-10-19-11-12)15-8-3-7-14-13-6-1-2-9-16(13)20-17(14)15/h1-11,18,20-21H. The number of nitrogens with one attached hydrogen (secondary N) is 1. The highest BCUT2D eigenvalue weighted by Gasteiger charge is 2.15. The Kier molecular flexibility index (Phi) is 2.72. The van der Waals surface area contributed by atoms with Gasteiger partial charge < -0.3 is 10.1 Å². The van der Waals surface area contributed by atoms with E-state index in [9.17, 15) is 5.11 Å². The van der Waals surface area contributed by atoms with Gasteiger partial charge in [-0.2, -0.15) is 0 Å². The van der Waals surface area contributed by atoms with Gasteiger partial charge in [-0.1, -0.05) is 42.5 Å². The minimum Gasteiger partial charge on any atom is -0.384 e. The van der Waals surface area contributed by atoms with Crippen LogP contribution in [0.5, 0.6) is 0 Å². The molecule has 0 aliphatic rings. The lowest BCUT2D eigenvalue weighted by atomic mass is 10.0. The van der Waals surface area contributed by atoms with Gasteiger partial charge in [0, 0.05) is 39.8 Å². The summed E-state index contributed by atoms with van der Waals surface area (Å²) in [6, 6.07) is 17.9. The molecular formula is C18H14N2O. The molecule has 0 saturated heterocycles. The fourth-order valence-electron chi connectivity index (χ4n) is 2.84. The lowest BCUT2D eigenvalue weighted by molar-refractivity contribution is 0.221. The van der Waals surface area contributed by atoms with Crippen LogP contribution in [0.3, 0.4) is 0 Å². The number of hydrogen-bond acceptors (Lipinski definition) is 2. The number of benzene rings is 2. The summed E-state index contributed by atoms with van der Waals surface area (Å²) in [6.45, 7) is 0. The molecule has 0 fully saturated rings. The van der Waals surface area contributed by atoms with Gasteiger partial charge in [0.2, 0.25) is 0 Å². The number of aromatic amines is 1. The van der Waals surface area contributed by atoms with E-state index < -0.39 is 6.10 Å². The molecule has 0 spiro atoms. The zero-order valence-electron chi connectivity index (χ0n) is 11.3. The monoisotopic (exact) mass is 274 g/mol. The molecule has 4 aromatic rings. The van der Waals surface area contributed by atoms with Gasteiger partial charge in [0.15, 0.2) is 0 Å². The van der Waals surface area contributed by atoms with Crippen molar-refractivity contribution < 1.29 is 5.11 Å². The Balaban J connectivity index is 1.97. The van der Waals surface area contributed by atoms with Crippen LogP contribution in [0.15, 0.2) is 67.0 Å². The average Bonchev–Trinajstić information content (AvgIpc) is 2.94. The zero-order chi connectivity index (χ0) is 14.2. The van der Waals surface area contributed by atoms with Crippen LogP contribution in [0.2, 0.25) is 0 Å². The number of aromatic nitrogens is 2. The van der Waals surface area contributed by atoms with Gasteiger partial charge in [-0.25, -0.2) is 0 Å². The van der Waals surface area contributed by atoms with E-state index >= 15 is 0 Å². The van der Waals surface area contributed by atoms with Crippen LogP contribution in [0.1, 0.15) is 17.2 Å². The van der Waals surface area contributed by atoms with Gasteiger partial charge in [0.05, 0.1) is 5.52 Å². The summed E-state index contributed by atoms with van der Waals surface area (Å²) < 4.78 is 0. The molecule has 4 rings (SSSR count). The van der Waals surface area contributed by atoms with Gasteiger partial charge >= 0.3 is 0 Å². The van der Waals surface area contributed by atoms with Crippen molar-refractivity contribution in [1.82, 2.24) is 9.97 Å². The second-order valence-electron chi connectivity index (χ2n) is 5.13. The predicted molar refractivity (Wildman–Crippen MR) is 84.1 cm³/mol. The van der Waals surface area contributed by atoms with E-state index in [2.05, 4.69) is 28.2 Å². The van der Waals surface area contributed by atoms with Crippen LogP contribution < -0.4 is 0 Å². The minimum absolute atomic E-state index is 0.685. The van der Waals surface area contributed by atoms with Crippen molar-refractivity contribution in [2.45, 2.75) is 6.10 Å². The fraction of sp³-hybridized carbons (Fsp3) is 0.0556. The van der Waals surface area contributed by atoms with E-state index in [1.54, 1.807) is 12.4 Å². The number of H-pyrrole nitrogens is 1. The molecule has 0 aliphatic carbocycles. The van der Waals surface area contributed by atoms with E-state index in [-0.39, 0.29) is 0 Å². The van der Waals surface area contributed by atoms with Gasteiger partial charge in [-0.05, 0) is 12.1 Å². The first-order valence-electron chi connectivity index (χ1n) is 6.92. The molecule has 21 heavy (non-hydrogen) atoms. The van der Waals surface area contributed by atoms with Gasteiger partial charge in [0.25, 0.3) is 0 Å². The first-order chi connectivity index (χ1) is 10.3. The molecule has 1 atom stereocenters. The van der Waals surface area contributed by atoms with Crippen molar-refractivity contribution in [3.63, 3.8) is 0 Å². The Morgan fingerprint density at radius 2 is 1.76 bits per heavy atom. The van der Waals surface area contributed by atoms with Crippen LogP contribution in [0, 0.1) is 0 Å². The molecule has 2 heterocycles. The second kappa shape index (κ2) is 4.72. The van der Waals surface area contributed by atoms with Crippen molar-refractivity contribution in [2.75, 3.05) is 0 Å². The molecule has 0 bridgehead atoms. The number of fused-ring (bicyclic) bond motifs is 3. The maximum absolute atomic E-state index is 10.7. The molecule has 1 unspecified atom stereocenters. The molecule has 2 N–H and O–H groups in total. The average molecular weight is 274 g/mol. The minimum atomic E-state index is -0.685. The summed E-state index contributed by atoms with van der Waals surface area (Å²) in [7, 11) is 0. The molecule has 0 radical (unpaired) electrons. The van der Waals surface area contributed by atoms with Crippen LogP contribution in [0.4, 0.5) is 0 Å². The number of aliphatic hydroxyl groups is 1. The lowest BCUT2D eigenvalue weighted by Gasteiger charge is -2.12. The normalized spacial score (nSPS) is 12.8. The summed E-state index contributed by atoms with van der Waals surface area (Å²) in [5.41, 5.74) is 3.73. The molecule has 0 aliphatic heterocycles. The van der Waals surface area contributed by atoms with Crippen LogP contribution in [0.25, 0.3) is 21.8 Å². The van der Waals surface area contributed by atoms with Gasteiger partial charge in [0.1, 0.15) is 6.10 Å². The maximum atomic E-state index is 10.7. The molecule has 2 aromatic carbocycles. The summed E-state index contributed by atoms with van der Waals surface area (Å²) in [5.74, 6) is 0. The summed E-state index contributed by atoms with van der Waals surface area (Å²) >= 11 is 0. The third kappa shape index (κ3) is 1.90. The van der Waals surface area contributed by atoms with Crippen molar-refractivity contribution in [1.29, 1.82) is 0 Å². The van der Waals surface area contributed by atoms with E-state index in [0.29, 0.717) is 0 Å². The van der Waals surface area contributed by atoms with E-state index in [1.165, 1.54) is 5.39 Å². The molecule has 102 valence electrons. The molecular weight excluding hydrogens is 260 g/mol. The molecule has 3 nitrogen and oxygen atoms in total. The quantitative estimate of drug-likeness (QED) is 0.584. The molecule has 0 saturated carbocycles. The van der Waals surface area contributed by atoms with Crippen molar-refractivity contribution in [3.8, 4) is 0 Å². The highest BCUT2D eigenvalue weighted by Crippen LogP contribution is 2.32. The second-order valence-corrected chi connectivity index (χ2v) is 5.13. The summed E-state index contributed by atoms with van der Waals surface area (Å²) in [5, 5.41) is 13.0. The topological polar surface area (TPSA) is 48.9 Å². The van der Waals surface area contributed by atoms with E-state index in [0.717, 1.165) is 27.5 Å². The SMILES string of the molecule is OC(c1cccnc1)c1cccc2c1[nH]c1ccccc12. The lowest BCUT2D eigenvalue weighted by Crippen LogP contribution is -2.00.